The Morgan fingerprint density at radius 1 is 0.900 bits per heavy atom. The van der Waals surface area contributed by atoms with Gasteiger partial charge in [-0.3, -0.25) is 0 Å². The lowest BCUT2D eigenvalue weighted by atomic mass is 10.1. The lowest BCUT2D eigenvalue weighted by Crippen LogP contribution is -1.90. The highest BCUT2D eigenvalue weighted by atomic mass is 79.9. The van der Waals surface area contributed by atoms with Crippen LogP contribution in [0.4, 0.5) is 4.39 Å². The van der Waals surface area contributed by atoms with Gasteiger partial charge in [-0.05, 0) is 40.6 Å². The van der Waals surface area contributed by atoms with Gasteiger partial charge in [-0.15, -0.1) is 0 Å². The quantitative estimate of drug-likeness (QED) is 0.562. The van der Waals surface area contributed by atoms with Gasteiger partial charge < -0.3 is 4.74 Å². The molecular formula is C17H12BrFO. The molecule has 0 radical (unpaired) electrons. The number of halogens is 2. The molecule has 0 spiro atoms. The largest absolute Gasteiger partial charge is 0.454 e. The molecule has 0 aliphatic heterocycles. The van der Waals surface area contributed by atoms with Gasteiger partial charge in [0.1, 0.15) is 5.75 Å². The Bertz CT molecular complexity index is 755. The van der Waals surface area contributed by atoms with Crippen molar-refractivity contribution in [3.05, 3.63) is 72.0 Å². The Hall–Kier alpha value is -1.87. The summed E-state index contributed by atoms with van der Waals surface area (Å²) in [5.41, 5.74) is 0.883. The van der Waals surface area contributed by atoms with Crippen LogP contribution in [0.5, 0.6) is 11.5 Å². The van der Waals surface area contributed by atoms with E-state index in [2.05, 4.69) is 15.9 Å². The maximum atomic E-state index is 13.9. The highest BCUT2D eigenvalue weighted by molar-refractivity contribution is 9.08. The first kappa shape index (κ1) is 13.1. The molecule has 3 aromatic rings. The number of alkyl halides is 1. The minimum absolute atomic E-state index is 0.241. The zero-order valence-electron chi connectivity index (χ0n) is 10.6. The van der Waals surface area contributed by atoms with E-state index in [0.29, 0.717) is 11.1 Å². The molecule has 100 valence electrons. The van der Waals surface area contributed by atoms with Crippen molar-refractivity contribution in [3.63, 3.8) is 0 Å². The number of hydrogen-bond acceptors (Lipinski definition) is 1. The Balaban J connectivity index is 1.92. The lowest BCUT2D eigenvalue weighted by molar-refractivity contribution is 0.442. The molecule has 0 bridgehead atoms. The van der Waals surface area contributed by atoms with Gasteiger partial charge in [-0.25, -0.2) is 4.39 Å². The van der Waals surface area contributed by atoms with Crippen LogP contribution in [0, 0.1) is 5.82 Å². The molecule has 0 N–H and O–H groups in total. The number of rotatable bonds is 3. The van der Waals surface area contributed by atoms with E-state index in [1.807, 2.05) is 48.5 Å². The molecule has 0 amide bonds. The maximum Gasteiger partial charge on any atom is 0.166 e. The highest BCUT2D eigenvalue weighted by Crippen LogP contribution is 2.28. The van der Waals surface area contributed by atoms with Gasteiger partial charge in [-0.2, -0.15) is 0 Å². The zero-order chi connectivity index (χ0) is 13.9. The van der Waals surface area contributed by atoms with Gasteiger partial charge >= 0.3 is 0 Å². The van der Waals surface area contributed by atoms with Crippen molar-refractivity contribution in [2.75, 3.05) is 0 Å². The number of ether oxygens (including phenoxy) is 1. The second-order valence-corrected chi connectivity index (χ2v) is 5.07. The van der Waals surface area contributed by atoms with E-state index in [0.717, 1.165) is 16.3 Å². The van der Waals surface area contributed by atoms with E-state index in [-0.39, 0.29) is 11.6 Å². The average molecular weight is 331 g/mol. The maximum absolute atomic E-state index is 13.9. The molecule has 3 rings (SSSR count). The number of benzene rings is 3. The lowest BCUT2D eigenvalue weighted by Gasteiger charge is -2.08. The van der Waals surface area contributed by atoms with Gasteiger partial charge in [-0.1, -0.05) is 52.3 Å². The summed E-state index contributed by atoms with van der Waals surface area (Å²) in [4.78, 5) is 0. The Kier molecular flexibility index (Phi) is 3.70. The summed E-state index contributed by atoms with van der Waals surface area (Å²) >= 11 is 3.30. The van der Waals surface area contributed by atoms with Crippen LogP contribution in [0.25, 0.3) is 10.8 Å². The van der Waals surface area contributed by atoms with Crippen molar-refractivity contribution in [1.82, 2.24) is 0 Å². The second kappa shape index (κ2) is 5.63. The Labute approximate surface area is 125 Å². The monoisotopic (exact) mass is 330 g/mol. The van der Waals surface area contributed by atoms with Crippen LogP contribution in [-0.4, -0.2) is 0 Å². The van der Waals surface area contributed by atoms with Crippen molar-refractivity contribution in [3.8, 4) is 11.5 Å². The van der Waals surface area contributed by atoms with Gasteiger partial charge in [0.2, 0.25) is 0 Å². The molecule has 0 fully saturated rings. The molecule has 3 heteroatoms. The highest BCUT2D eigenvalue weighted by Gasteiger charge is 2.06. The van der Waals surface area contributed by atoms with Crippen LogP contribution in [0.3, 0.4) is 0 Å². The van der Waals surface area contributed by atoms with Crippen LogP contribution in [-0.2, 0) is 5.33 Å². The molecule has 0 unspecified atom stereocenters. The molecule has 20 heavy (non-hydrogen) atoms. The van der Waals surface area contributed by atoms with Crippen molar-refractivity contribution in [1.29, 1.82) is 0 Å². The molecule has 3 aromatic carbocycles. The average Bonchev–Trinajstić information content (AvgIpc) is 2.49. The zero-order valence-corrected chi connectivity index (χ0v) is 12.2. The summed E-state index contributed by atoms with van der Waals surface area (Å²) in [5.74, 6) is 0.522. The van der Waals surface area contributed by atoms with Gasteiger partial charge in [0, 0.05) is 5.33 Å². The minimum atomic E-state index is -0.352. The van der Waals surface area contributed by atoms with Crippen LogP contribution < -0.4 is 4.74 Å². The predicted octanol–water partition coefficient (Wildman–Crippen LogP) is 5.67. The molecule has 0 aliphatic carbocycles. The third-order valence-electron chi connectivity index (χ3n) is 3.10. The number of fused-ring (bicyclic) bond motifs is 1. The fourth-order valence-electron chi connectivity index (χ4n) is 2.07. The van der Waals surface area contributed by atoms with Gasteiger partial charge in [0.15, 0.2) is 11.6 Å². The van der Waals surface area contributed by atoms with E-state index < -0.39 is 0 Å². The Morgan fingerprint density at radius 3 is 2.45 bits per heavy atom. The third-order valence-corrected chi connectivity index (χ3v) is 3.75. The third kappa shape index (κ3) is 2.68. The summed E-state index contributed by atoms with van der Waals surface area (Å²) in [7, 11) is 0. The fourth-order valence-corrected chi connectivity index (χ4v) is 2.42. The van der Waals surface area contributed by atoms with E-state index in [9.17, 15) is 4.39 Å². The van der Waals surface area contributed by atoms with E-state index in [1.165, 1.54) is 6.07 Å². The normalized spacial score (nSPS) is 10.7. The molecule has 0 saturated heterocycles. The van der Waals surface area contributed by atoms with E-state index in [4.69, 9.17) is 4.74 Å². The SMILES string of the molecule is Fc1cc(CBr)ccc1Oc1ccc2ccccc2c1. The molecule has 1 nitrogen and oxygen atoms in total. The summed E-state index contributed by atoms with van der Waals surface area (Å²) in [5, 5.41) is 2.83. The molecule has 0 aliphatic rings. The van der Waals surface area contributed by atoms with Crippen molar-refractivity contribution in [2.45, 2.75) is 5.33 Å². The van der Waals surface area contributed by atoms with E-state index >= 15 is 0 Å². The second-order valence-electron chi connectivity index (χ2n) is 4.51. The van der Waals surface area contributed by atoms with Gasteiger partial charge in [0.05, 0.1) is 0 Å². The number of hydrogen-bond donors (Lipinski definition) is 0. The van der Waals surface area contributed by atoms with Gasteiger partial charge in [0.25, 0.3) is 0 Å². The van der Waals surface area contributed by atoms with Crippen molar-refractivity contribution >= 4 is 26.7 Å². The van der Waals surface area contributed by atoms with Crippen LogP contribution in [0.15, 0.2) is 60.7 Å². The molecule has 0 atom stereocenters. The minimum Gasteiger partial charge on any atom is -0.454 e. The molecule has 0 saturated carbocycles. The summed E-state index contributed by atoms with van der Waals surface area (Å²) < 4.78 is 19.5. The summed E-state index contributed by atoms with van der Waals surface area (Å²) in [6.45, 7) is 0. The van der Waals surface area contributed by atoms with E-state index in [1.54, 1.807) is 6.07 Å². The van der Waals surface area contributed by atoms with Crippen molar-refractivity contribution in [2.24, 2.45) is 0 Å². The smallest absolute Gasteiger partial charge is 0.166 e. The first-order valence-corrected chi connectivity index (χ1v) is 7.39. The fraction of sp³-hybridized carbons (Fsp3) is 0.0588. The van der Waals surface area contributed by atoms with Crippen LogP contribution >= 0.6 is 15.9 Å². The molecule has 0 aromatic heterocycles. The first-order chi connectivity index (χ1) is 9.76. The van der Waals surface area contributed by atoms with Crippen LogP contribution in [0.2, 0.25) is 0 Å². The standard InChI is InChI=1S/C17H12BrFO/c18-11-12-5-8-17(16(19)9-12)20-15-7-6-13-3-1-2-4-14(13)10-15/h1-10H,11H2. The molecule has 0 heterocycles. The van der Waals surface area contributed by atoms with Crippen molar-refractivity contribution < 1.29 is 9.13 Å². The predicted molar refractivity (Wildman–Crippen MR) is 83.1 cm³/mol. The summed E-state index contributed by atoms with van der Waals surface area (Å²) in [6.07, 6.45) is 0. The molecular weight excluding hydrogens is 319 g/mol. The first-order valence-electron chi connectivity index (χ1n) is 6.27. The Morgan fingerprint density at radius 2 is 1.70 bits per heavy atom. The summed E-state index contributed by atoms with van der Waals surface area (Å²) in [6, 6.07) is 18.7. The van der Waals surface area contributed by atoms with Crippen LogP contribution in [0.1, 0.15) is 5.56 Å². The topological polar surface area (TPSA) is 9.23 Å².